The van der Waals surface area contributed by atoms with Crippen LogP contribution in [0.2, 0.25) is 5.15 Å². The first-order valence-corrected chi connectivity index (χ1v) is 9.29. The lowest BCUT2D eigenvalue weighted by Gasteiger charge is -2.34. The first-order chi connectivity index (χ1) is 11.3. The van der Waals surface area contributed by atoms with Gasteiger partial charge in [-0.2, -0.15) is 12.7 Å². The van der Waals surface area contributed by atoms with Crippen LogP contribution in [-0.4, -0.2) is 40.8 Å². The molecule has 3 rings (SSSR count). The van der Waals surface area contributed by atoms with Crippen LogP contribution < -0.4 is 5.14 Å². The van der Waals surface area contributed by atoms with Gasteiger partial charge < -0.3 is 4.98 Å². The molecule has 130 valence electrons. The Bertz CT molecular complexity index is 839. The van der Waals surface area contributed by atoms with Crippen LogP contribution in [0, 0.1) is 11.7 Å². The topological polar surface area (TPSA) is 105 Å². The summed E-state index contributed by atoms with van der Waals surface area (Å²) in [6.45, 7) is 2.59. The highest BCUT2D eigenvalue weighted by molar-refractivity contribution is 7.86. The Morgan fingerprint density at radius 1 is 1.46 bits per heavy atom. The van der Waals surface area contributed by atoms with Crippen molar-refractivity contribution in [2.24, 2.45) is 11.1 Å². The number of H-pyrrole nitrogens is 1. The van der Waals surface area contributed by atoms with Gasteiger partial charge in [0.1, 0.15) is 11.5 Å². The number of hydrogen-bond acceptors (Lipinski definition) is 4. The zero-order valence-corrected chi connectivity index (χ0v) is 14.5. The van der Waals surface area contributed by atoms with Crippen LogP contribution in [0.5, 0.6) is 0 Å². The molecule has 1 aliphatic rings. The van der Waals surface area contributed by atoms with Gasteiger partial charge in [0.2, 0.25) is 0 Å². The Hall–Kier alpha value is -1.55. The van der Waals surface area contributed by atoms with Crippen molar-refractivity contribution >= 4 is 21.8 Å². The first-order valence-electron chi connectivity index (χ1n) is 7.41. The molecule has 2 aromatic rings. The average Bonchev–Trinajstić information content (AvgIpc) is 2.89. The minimum Gasteiger partial charge on any atom is -0.339 e. The lowest BCUT2D eigenvalue weighted by atomic mass is 9.86. The SMILES string of the molecule is CC1CN(S(N)(=O)=O)CCC1c1[nH]c(-c2ccc(F)cn2)nc1Cl. The second kappa shape index (κ2) is 6.40. The van der Waals surface area contributed by atoms with Crippen LogP contribution in [0.25, 0.3) is 11.5 Å². The number of aromatic amines is 1. The van der Waals surface area contributed by atoms with Gasteiger partial charge in [-0.3, -0.25) is 0 Å². The predicted octanol–water partition coefficient (Wildman–Crippen LogP) is 1.89. The monoisotopic (exact) mass is 373 g/mol. The third-order valence-electron chi connectivity index (χ3n) is 4.25. The van der Waals surface area contributed by atoms with Crippen molar-refractivity contribution in [3.8, 4) is 11.5 Å². The molecule has 0 saturated carbocycles. The van der Waals surface area contributed by atoms with E-state index >= 15 is 0 Å². The van der Waals surface area contributed by atoms with Crippen LogP contribution in [0.3, 0.4) is 0 Å². The second-order valence-corrected chi connectivity index (χ2v) is 7.83. The van der Waals surface area contributed by atoms with Gasteiger partial charge in [0, 0.05) is 19.0 Å². The van der Waals surface area contributed by atoms with Gasteiger partial charge in [0.05, 0.1) is 11.9 Å². The number of pyridine rings is 1. The minimum absolute atomic E-state index is 0.0176. The van der Waals surface area contributed by atoms with Crippen molar-refractivity contribution in [2.75, 3.05) is 13.1 Å². The fourth-order valence-electron chi connectivity index (χ4n) is 3.02. The number of aromatic nitrogens is 3. The fraction of sp³-hybridized carbons (Fsp3) is 0.429. The summed E-state index contributed by atoms with van der Waals surface area (Å²) in [5.41, 5.74) is 1.22. The van der Waals surface area contributed by atoms with Gasteiger partial charge in [-0.1, -0.05) is 18.5 Å². The molecule has 7 nitrogen and oxygen atoms in total. The van der Waals surface area contributed by atoms with E-state index in [-0.39, 0.29) is 11.8 Å². The predicted molar refractivity (Wildman–Crippen MR) is 88.0 cm³/mol. The third-order valence-corrected chi connectivity index (χ3v) is 5.59. The van der Waals surface area contributed by atoms with Gasteiger partial charge in [-0.05, 0) is 24.5 Å². The molecule has 1 saturated heterocycles. The van der Waals surface area contributed by atoms with Gasteiger partial charge in [-0.15, -0.1) is 0 Å². The van der Waals surface area contributed by atoms with E-state index in [1.807, 2.05) is 6.92 Å². The summed E-state index contributed by atoms with van der Waals surface area (Å²) in [6.07, 6.45) is 1.69. The quantitative estimate of drug-likeness (QED) is 0.856. The zero-order chi connectivity index (χ0) is 17.5. The molecular formula is C14H17ClFN5O2S. The number of nitrogens with one attached hydrogen (secondary N) is 1. The molecule has 0 amide bonds. The molecule has 1 aliphatic heterocycles. The van der Waals surface area contributed by atoms with Crippen LogP contribution in [0.1, 0.15) is 25.0 Å². The summed E-state index contributed by atoms with van der Waals surface area (Å²) < 4.78 is 37.2. The van der Waals surface area contributed by atoms with Crippen molar-refractivity contribution in [1.82, 2.24) is 19.3 Å². The van der Waals surface area contributed by atoms with Gasteiger partial charge in [0.25, 0.3) is 10.2 Å². The Labute approximate surface area is 144 Å². The highest BCUT2D eigenvalue weighted by Gasteiger charge is 2.34. The van der Waals surface area contributed by atoms with E-state index in [4.69, 9.17) is 16.7 Å². The maximum atomic E-state index is 13.0. The Morgan fingerprint density at radius 3 is 2.79 bits per heavy atom. The Balaban J connectivity index is 1.84. The molecule has 3 N–H and O–H groups in total. The minimum atomic E-state index is -3.69. The molecular weight excluding hydrogens is 357 g/mol. The highest BCUT2D eigenvalue weighted by Crippen LogP contribution is 2.36. The molecule has 2 atom stereocenters. The van der Waals surface area contributed by atoms with Gasteiger partial charge in [-0.25, -0.2) is 19.5 Å². The molecule has 2 unspecified atom stereocenters. The fourth-order valence-corrected chi connectivity index (χ4v) is 4.09. The van der Waals surface area contributed by atoms with Crippen molar-refractivity contribution in [2.45, 2.75) is 19.3 Å². The van der Waals surface area contributed by atoms with Crippen molar-refractivity contribution < 1.29 is 12.8 Å². The molecule has 0 aliphatic carbocycles. The van der Waals surface area contributed by atoms with Crippen LogP contribution in [-0.2, 0) is 10.2 Å². The summed E-state index contributed by atoms with van der Waals surface area (Å²) >= 11 is 6.25. The molecule has 0 radical (unpaired) electrons. The largest absolute Gasteiger partial charge is 0.339 e. The molecule has 1 fully saturated rings. The summed E-state index contributed by atoms with van der Waals surface area (Å²) in [6, 6.07) is 2.81. The van der Waals surface area contributed by atoms with E-state index in [0.29, 0.717) is 36.2 Å². The number of piperidine rings is 1. The number of rotatable bonds is 3. The Morgan fingerprint density at radius 2 is 2.21 bits per heavy atom. The second-order valence-electron chi connectivity index (χ2n) is 5.93. The van der Waals surface area contributed by atoms with E-state index < -0.39 is 16.0 Å². The van der Waals surface area contributed by atoms with Crippen LogP contribution in [0.4, 0.5) is 4.39 Å². The zero-order valence-electron chi connectivity index (χ0n) is 12.9. The number of halogens is 2. The summed E-state index contributed by atoms with van der Waals surface area (Å²) in [4.78, 5) is 11.4. The van der Waals surface area contributed by atoms with Gasteiger partial charge >= 0.3 is 0 Å². The van der Waals surface area contributed by atoms with E-state index in [2.05, 4.69) is 15.0 Å². The molecule has 24 heavy (non-hydrogen) atoms. The summed E-state index contributed by atoms with van der Waals surface area (Å²) in [7, 11) is -3.69. The highest BCUT2D eigenvalue weighted by atomic mass is 35.5. The molecule has 0 aromatic carbocycles. The molecule has 0 spiro atoms. The van der Waals surface area contributed by atoms with Crippen LogP contribution >= 0.6 is 11.6 Å². The van der Waals surface area contributed by atoms with E-state index in [0.717, 1.165) is 11.9 Å². The summed E-state index contributed by atoms with van der Waals surface area (Å²) in [5.74, 6) is 0.0675. The molecule has 0 bridgehead atoms. The summed E-state index contributed by atoms with van der Waals surface area (Å²) in [5, 5.41) is 5.51. The van der Waals surface area contributed by atoms with Gasteiger partial charge in [0.15, 0.2) is 11.0 Å². The number of hydrogen-bond donors (Lipinski definition) is 2. The molecule has 2 aromatic heterocycles. The molecule has 10 heteroatoms. The number of nitrogens with two attached hydrogens (primary N) is 1. The number of imidazole rings is 1. The smallest absolute Gasteiger partial charge is 0.276 e. The van der Waals surface area contributed by atoms with E-state index in [1.54, 1.807) is 0 Å². The average molecular weight is 374 g/mol. The lowest BCUT2D eigenvalue weighted by molar-refractivity contribution is 0.246. The van der Waals surface area contributed by atoms with Crippen molar-refractivity contribution in [3.63, 3.8) is 0 Å². The first kappa shape index (κ1) is 17.3. The van der Waals surface area contributed by atoms with Crippen molar-refractivity contribution in [3.05, 3.63) is 35.0 Å². The van der Waals surface area contributed by atoms with E-state index in [1.165, 1.54) is 16.4 Å². The maximum Gasteiger partial charge on any atom is 0.276 e. The van der Waals surface area contributed by atoms with Crippen LogP contribution in [0.15, 0.2) is 18.3 Å². The molecule has 3 heterocycles. The standard InChI is InChI=1S/C14H17ClFN5O2S/c1-8-7-21(24(17,22)23)5-4-10(8)12-13(15)20-14(19-12)11-3-2-9(16)6-18-11/h2-3,6,8,10H,4-5,7H2,1H3,(H,19,20)(H2,17,22,23). The third kappa shape index (κ3) is 3.44. The lowest BCUT2D eigenvalue weighted by Crippen LogP contribution is -2.45. The normalized spacial score (nSPS) is 22.7. The Kier molecular flexibility index (Phi) is 4.60. The maximum absolute atomic E-state index is 13.0. The van der Waals surface area contributed by atoms with E-state index in [9.17, 15) is 12.8 Å². The number of nitrogens with zero attached hydrogens (tertiary/aromatic N) is 3. The van der Waals surface area contributed by atoms with Crippen molar-refractivity contribution in [1.29, 1.82) is 0 Å².